The van der Waals surface area contributed by atoms with E-state index in [1.807, 2.05) is 6.92 Å². The van der Waals surface area contributed by atoms with Gasteiger partial charge in [-0.15, -0.1) is 0 Å². The molecule has 6 heteroatoms. The van der Waals surface area contributed by atoms with Crippen molar-refractivity contribution in [2.75, 3.05) is 13.2 Å². The molecule has 1 saturated heterocycles. The van der Waals surface area contributed by atoms with E-state index in [2.05, 4.69) is 10.1 Å². The second-order valence-corrected chi connectivity index (χ2v) is 4.59. The van der Waals surface area contributed by atoms with Crippen LogP contribution in [0.5, 0.6) is 0 Å². The number of carbonyl (C=O) groups excluding carboxylic acids is 1. The summed E-state index contributed by atoms with van der Waals surface area (Å²) in [5, 5.41) is 3.92. The number of hydrogen-bond donors (Lipinski definition) is 0. The second-order valence-electron chi connectivity index (χ2n) is 4.59. The van der Waals surface area contributed by atoms with Crippen LogP contribution in [0.25, 0.3) is 0 Å². The molecule has 0 N–H and O–H groups in total. The van der Waals surface area contributed by atoms with E-state index in [-0.39, 0.29) is 12.1 Å². The fourth-order valence-corrected chi connectivity index (χ4v) is 2.17. The van der Waals surface area contributed by atoms with Gasteiger partial charge < -0.3 is 14.0 Å². The third-order valence-corrected chi connectivity index (χ3v) is 3.12. The zero-order valence-corrected chi connectivity index (χ0v) is 11.4. The van der Waals surface area contributed by atoms with Crippen LogP contribution in [0.4, 0.5) is 0 Å². The molecule has 0 saturated carbocycles. The van der Waals surface area contributed by atoms with Crippen molar-refractivity contribution >= 4 is 5.97 Å². The van der Waals surface area contributed by atoms with Crippen LogP contribution in [-0.4, -0.2) is 29.3 Å². The smallest absolute Gasteiger partial charge is 0.318 e. The molecule has 2 atom stereocenters. The van der Waals surface area contributed by atoms with Gasteiger partial charge in [-0.1, -0.05) is 18.5 Å². The van der Waals surface area contributed by atoms with Crippen molar-refractivity contribution in [2.24, 2.45) is 0 Å². The van der Waals surface area contributed by atoms with Gasteiger partial charge >= 0.3 is 5.97 Å². The maximum Gasteiger partial charge on any atom is 0.318 e. The number of esters is 1. The van der Waals surface area contributed by atoms with Gasteiger partial charge in [0.2, 0.25) is 11.7 Å². The SMILES string of the molecule is CCCC(C(=O)OCC)c1nc(C2CCCO2)no1. The molecule has 0 amide bonds. The monoisotopic (exact) mass is 268 g/mol. The Kier molecular flexibility index (Phi) is 4.90. The predicted octanol–water partition coefficient (Wildman–Crippen LogP) is 2.37. The lowest BCUT2D eigenvalue weighted by atomic mass is 10.0. The first kappa shape index (κ1) is 14.0. The maximum atomic E-state index is 11.9. The van der Waals surface area contributed by atoms with E-state index in [1.54, 1.807) is 6.92 Å². The van der Waals surface area contributed by atoms with E-state index in [0.29, 0.717) is 24.7 Å². The zero-order valence-electron chi connectivity index (χ0n) is 11.4. The van der Waals surface area contributed by atoms with E-state index in [9.17, 15) is 4.79 Å². The van der Waals surface area contributed by atoms with Crippen LogP contribution >= 0.6 is 0 Å². The van der Waals surface area contributed by atoms with Gasteiger partial charge in [0.1, 0.15) is 12.0 Å². The highest BCUT2D eigenvalue weighted by Crippen LogP contribution is 2.28. The van der Waals surface area contributed by atoms with E-state index < -0.39 is 5.92 Å². The van der Waals surface area contributed by atoms with Crippen LogP contribution in [0.15, 0.2) is 4.52 Å². The highest BCUT2D eigenvalue weighted by atomic mass is 16.5. The van der Waals surface area contributed by atoms with E-state index >= 15 is 0 Å². The Labute approximate surface area is 112 Å². The minimum absolute atomic E-state index is 0.0954. The minimum Gasteiger partial charge on any atom is -0.465 e. The topological polar surface area (TPSA) is 74.5 Å². The molecule has 1 aliphatic rings. The van der Waals surface area contributed by atoms with Crippen LogP contribution < -0.4 is 0 Å². The molecular weight excluding hydrogens is 248 g/mol. The normalized spacial score (nSPS) is 20.4. The van der Waals surface area contributed by atoms with Gasteiger partial charge in [-0.25, -0.2) is 0 Å². The first-order chi connectivity index (χ1) is 9.26. The number of nitrogens with zero attached hydrogens (tertiary/aromatic N) is 2. The van der Waals surface area contributed by atoms with Crippen molar-refractivity contribution in [1.29, 1.82) is 0 Å². The summed E-state index contributed by atoms with van der Waals surface area (Å²) in [5.74, 6) is 0.114. The first-order valence-corrected chi connectivity index (χ1v) is 6.88. The summed E-state index contributed by atoms with van der Waals surface area (Å²) in [4.78, 5) is 16.2. The number of ether oxygens (including phenoxy) is 2. The fourth-order valence-electron chi connectivity index (χ4n) is 2.17. The Hall–Kier alpha value is -1.43. The largest absolute Gasteiger partial charge is 0.465 e. The molecule has 1 aromatic heterocycles. The predicted molar refractivity (Wildman–Crippen MR) is 66.5 cm³/mol. The number of aromatic nitrogens is 2. The standard InChI is InChI=1S/C13H20N2O4/c1-3-6-9(13(16)17-4-2)12-14-11(15-19-12)10-7-5-8-18-10/h9-10H,3-8H2,1-2H3. The average molecular weight is 268 g/mol. The highest BCUT2D eigenvalue weighted by Gasteiger charge is 2.30. The number of hydrogen-bond acceptors (Lipinski definition) is 6. The lowest BCUT2D eigenvalue weighted by Crippen LogP contribution is -2.16. The minimum atomic E-state index is -0.465. The Morgan fingerprint density at radius 3 is 3.00 bits per heavy atom. The van der Waals surface area contributed by atoms with Crippen LogP contribution in [0.1, 0.15) is 63.3 Å². The lowest BCUT2D eigenvalue weighted by Gasteiger charge is -2.10. The Morgan fingerprint density at radius 2 is 2.37 bits per heavy atom. The van der Waals surface area contributed by atoms with Crippen LogP contribution in [0, 0.1) is 0 Å². The molecule has 1 fully saturated rings. The summed E-state index contributed by atoms with van der Waals surface area (Å²) >= 11 is 0. The van der Waals surface area contributed by atoms with Gasteiger partial charge in [0.15, 0.2) is 0 Å². The summed E-state index contributed by atoms with van der Waals surface area (Å²) in [5.41, 5.74) is 0. The number of rotatable bonds is 6. The van der Waals surface area contributed by atoms with E-state index in [1.165, 1.54) is 0 Å². The van der Waals surface area contributed by atoms with Gasteiger partial charge in [0, 0.05) is 6.61 Å². The molecule has 2 heterocycles. The summed E-state index contributed by atoms with van der Waals surface area (Å²) in [7, 11) is 0. The van der Waals surface area contributed by atoms with Gasteiger partial charge in [0.05, 0.1) is 6.61 Å². The van der Waals surface area contributed by atoms with Crippen molar-refractivity contribution < 1.29 is 18.8 Å². The summed E-state index contributed by atoms with van der Waals surface area (Å²) in [6, 6.07) is 0. The Bertz CT molecular complexity index is 413. The van der Waals surface area contributed by atoms with Crippen molar-refractivity contribution in [3.8, 4) is 0 Å². The molecule has 1 aliphatic heterocycles. The Balaban J connectivity index is 2.10. The lowest BCUT2D eigenvalue weighted by molar-refractivity contribution is -0.145. The number of carbonyl (C=O) groups is 1. The summed E-state index contributed by atoms with van der Waals surface area (Å²) < 4.78 is 15.8. The molecule has 0 aliphatic carbocycles. The summed E-state index contributed by atoms with van der Waals surface area (Å²) in [6.07, 6.45) is 3.30. The molecule has 0 bridgehead atoms. The average Bonchev–Trinajstić information content (AvgIpc) is 3.06. The highest BCUT2D eigenvalue weighted by molar-refractivity contribution is 5.76. The third kappa shape index (κ3) is 3.32. The van der Waals surface area contributed by atoms with Gasteiger partial charge in [-0.2, -0.15) is 4.98 Å². The summed E-state index contributed by atoms with van der Waals surface area (Å²) in [6.45, 7) is 4.87. The third-order valence-electron chi connectivity index (χ3n) is 3.12. The molecule has 106 valence electrons. The van der Waals surface area contributed by atoms with Crippen LogP contribution in [0.2, 0.25) is 0 Å². The van der Waals surface area contributed by atoms with Gasteiger partial charge in [-0.05, 0) is 26.2 Å². The van der Waals surface area contributed by atoms with Gasteiger partial charge in [0.25, 0.3) is 0 Å². The molecule has 6 nitrogen and oxygen atoms in total. The zero-order chi connectivity index (χ0) is 13.7. The molecule has 0 radical (unpaired) electrons. The molecular formula is C13H20N2O4. The molecule has 0 aromatic carbocycles. The van der Waals surface area contributed by atoms with Crippen molar-refractivity contribution in [1.82, 2.24) is 10.1 Å². The van der Waals surface area contributed by atoms with Crippen molar-refractivity contribution in [3.63, 3.8) is 0 Å². The van der Waals surface area contributed by atoms with Gasteiger partial charge in [-0.3, -0.25) is 4.79 Å². The fraction of sp³-hybridized carbons (Fsp3) is 0.769. The molecule has 0 spiro atoms. The maximum absolute atomic E-state index is 11.9. The second kappa shape index (κ2) is 6.65. The van der Waals surface area contributed by atoms with Crippen LogP contribution in [-0.2, 0) is 14.3 Å². The van der Waals surface area contributed by atoms with Crippen molar-refractivity contribution in [2.45, 2.75) is 51.6 Å². The molecule has 2 unspecified atom stereocenters. The van der Waals surface area contributed by atoms with E-state index in [4.69, 9.17) is 14.0 Å². The Morgan fingerprint density at radius 1 is 1.53 bits per heavy atom. The molecule has 1 aromatic rings. The van der Waals surface area contributed by atoms with Crippen LogP contribution in [0.3, 0.4) is 0 Å². The quantitative estimate of drug-likeness (QED) is 0.737. The molecule has 2 rings (SSSR count). The van der Waals surface area contributed by atoms with Crippen molar-refractivity contribution in [3.05, 3.63) is 11.7 Å². The van der Waals surface area contributed by atoms with E-state index in [0.717, 1.165) is 25.9 Å². The first-order valence-electron chi connectivity index (χ1n) is 6.88. The molecule has 19 heavy (non-hydrogen) atoms.